The Morgan fingerprint density at radius 2 is 1.72 bits per heavy atom. The summed E-state index contributed by atoms with van der Waals surface area (Å²) in [6.07, 6.45) is 13.3. The molecule has 198 valence electrons. The van der Waals surface area contributed by atoms with Crippen LogP contribution < -0.4 is 5.73 Å². The Hall–Kier alpha value is -2.22. The van der Waals surface area contributed by atoms with Crippen molar-refractivity contribution >= 4 is 18.5 Å². The van der Waals surface area contributed by atoms with Gasteiger partial charge in [0.05, 0.1) is 6.07 Å². The average molecular weight is 495 g/mol. The number of primary amides is 1. The molecule has 36 heavy (non-hydrogen) atoms. The largest absolute Gasteiger partial charge is 0.372 e. The zero-order valence-corrected chi connectivity index (χ0v) is 23.4. The van der Waals surface area contributed by atoms with E-state index in [0.29, 0.717) is 28.6 Å². The molecule has 5 nitrogen and oxygen atoms in total. The number of carbonyl (C=O) groups excluding carboxylic acids is 3. The molecule has 3 fully saturated rings. The molecule has 4 rings (SSSR count). The van der Waals surface area contributed by atoms with Gasteiger partial charge in [-0.2, -0.15) is 5.26 Å². The van der Waals surface area contributed by atoms with Crippen molar-refractivity contribution in [2.75, 3.05) is 0 Å². The van der Waals surface area contributed by atoms with Crippen LogP contribution >= 0.6 is 0 Å². The van der Waals surface area contributed by atoms with Crippen LogP contribution in [0.1, 0.15) is 93.4 Å². The molecular formula is C31H46N2O3. The van der Waals surface area contributed by atoms with Crippen LogP contribution in [0.3, 0.4) is 0 Å². The van der Waals surface area contributed by atoms with Crippen LogP contribution in [0.2, 0.25) is 0 Å². The highest BCUT2D eigenvalue weighted by molar-refractivity contribution is 5.95. The highest BCUT2D eigenvalue weighted by atomic mass is 16.1. The smallest absolute Gasteiger partial charge is 0.204 e. The summed E-state index contributed by atoms with van der Waals surface area (Å²) in [5.41, 5.74) is 6.11. The topological polar surface area (TPSA) is 101 Å². The van der Waals surface area contributed by atoms with Crippen molar-refractivity contribution in [2.45, 2.75) is 93.4 Å². The number of rotatable bonds is 3. The first-order valence-corrected chi connectivity index (χ1v) is 13.7. The van der Waals surface area contributed by atoms with E-state index in [0.717, 1.165) is 32.0 Å². The van der Waals surface area contributed by atoms with Crippen molar-refractivity contribution < 1.29 is 14.4 Å². The molecular weight excluding hydrogens is 448 g/mol. The lowest BCUT2D eigenvalue weighted by atomic mass is 9.40. The van der Waals surface area contributed by atoms with Crippen LogP contribution in [0.5, 0.6) is 0 Å². The Labute approximate surface area is 218 Å². The Morgan fingerprint density at radius 3 is 2.31 bits per heavy atom. The molecule has 0 aromatic heterocycles. The third kappa shape index (κ3) is 4.61. The average Bonchev–Trinajstić information content (AvgIpc) is 2.81. The first kappa shape index (κ1) is 28.4. The van der Waals surface area contributed by atoms with E-state index >= 15 is 0 Å². The zero-order chi connectivity index (χ0) is 27.1. The molecule has 5 heteroatoms. The fourth-order valence-electron chi connectivity index (χ4n) is 8.90. The van der Waals surface area contributed by atoms with E-state index in [9.17, 15) is 14.9 Å². The lowest BCUT2D eigenvalue weighted by molar-refractivity contribution is -0.143. The van der Waals surface area contributed by atoms with E-state index in [1.165, 1.54) is 24.8 Å². The second-order valence-electron chi connectivity index (χ2n) is 13.7. The highest BCUT2D eigenvalue weighted by Crippen LogP contribution is 2.68. The molecule has 4 aliphatic carbocycles. The number of aldehydes is 1. The summed E-state index contributed by atoms with van der Waals surface area (Å²) in [6, 6.07) is 2.30. The minimum atomic E-state index is -0.444. The number of nitrogens with zero attached hydrogens (tertiary/aromatic N) is 1. The number of fused-ring (bicyclic) bond motifs is 5. The molecule has 0 aromatic carbocycles. The Kier molecular flexibility index (Phi) is 7.81. The molecule has 8 unspecified atom stereocenters. The van der Waals surface area contributed by atoms with E-state index < -0.39 is 5.41 Å². The highest BCUT2D eigenvalue weighted by Gasteiger charge is 2.62. The molecule has 1 amide bonds. The van der Waals surface area contributed by atoms with Gasteiger partial charge in [0.1, 0.15) is 6.29 Å². The lowest BCUT2D eigenvalue weighted by Gasteiger charge is -2.63. The predicted molar refractivity (Wildman–Crippen MR) is 142 cm³/mol. The molecule has 0 radical (unpaired) electrons. The van der Waals surface area contributed by atoms with Crippen molar-refractivity contribution in [1.29, 1.82) is 5.26 Å². The van der Waals surface area contributed by atoms with Crippen molar-refractivity contribution in [2.24, 2.45) is 57.0 Å². The van der Waals surface area contributed by atoms with Crippen molar-refractivity contribution in [3.8, 4) is 6.07 Å². The first-order valence-electron chi connectivity index (χ1n) is 13.7. The third-order valence-corrected chi connectivity index (χ3v) is 10.9. The zero-order valence-electron chi connectivity index (χ0n) is 23.4. The minimum Gasteiger partial charge on any atom is -0.372 e. The van der Waals surface area contributed by atoms with Gasteiger partial charge in [0.2, 0.25) is 6.41 Å². The van der Waals surface area contributed by atoms with Gasteiger partial charge in [-0.3, -0.25) is 9.59 Å². The number of amides is 1. The van der Waals surface area contributed by atoms with Crippen LogP contribution in [0.25, 0.3) is 0 Å². The number of nitrogens with two attached hydrogens (primary N) is 1. The van der Waals surface area contributed by atoms with Gasteiger partial charge >= 0.3 is 0 Å². The predicted octanol–water partition coefficient (Wildman–Crippen LogP) is 6.18. The molecule has 3 saturated carbocycles. The number of hydrogen-bond acceptors (Lipinski definition) is 4. The number of nitriles is 1. The standard InChI is InChI=1S/C30H43NO2.CH3NO/c1-19(17-31)15-30(7)21(20(2)18-32)9-11-29(6)22-8-10-28(5)13-12-27(3,4)16-23(28)26(22)24(33)14-25(29)30;2-1-3/h14-15,18,20-23,26H,8-13,16H2,1-7H3;1H,(H2,2,3)/b19-15+;. The summed E-state index contributed by atoms with van der Waals surface area (Å²) in [5, 5.41) is 9.59. The number of carbonyl (C=O) groups is 3. The maximum absolute atomic E-state index is 14.0. The number of allylic oxidation sites excluding steroid dienone is 4. The quantitative estimate of drug-likeness (QED) is 0.374. The van der Waals surface area contributed by atoms with Gasteiger partial charge in [-0.05, 0) is 91.9 Å². The summed E-state index contributed by atoms with van der Waals surface area (Å²) in [5.74, 6) is 1.25. The van der Waals surface area contributed by atoms with E-state index in [-0.39, 0.29) is 35.0 Å². The second-order valence-corrected chi connectivity index (χ2v) is 13.7. The summed E-state index contributed by atoms with van der Waals surface area (Å²) < 4.78 is 0. The maximum atomic E-state index is 14.0. The molecule has 0 bridgehead atoms. The van der Waals surface area contributed by atoms with E-state index in [4.69, 9.17) is 4.79 Å². The van der Waals surface area contributed by atoms with Gasteiger partial charge < -0.3 is 10.5 Å². The first-order chi connectivity index (χ1) is 16.7. The fraction of sp³-hybridized carbons (Fsp3) is 0.742. The van der Waals surface area contributed by atoms with Gasteiger partial charge in [-0.15, -0.1) is 0 Å². The van der Waals surface area contributed by atoms with Crippen LogP contribution in [-0.2, 0) is 14.4 Å². The molecule has 0 aromatic rings. The van der Waals surface area contributed by atoms with Crippen LogP contribution in [0.15, 0.2) is 23.3 Å². The van der Waals surface area contributed by atoms with Gasteiger partial charge in [0, 0.05) is 22.8 Å². The summed E-state index contributed by atoms with van der Waals surface area (Å²) in [4.78, 5) is 34.4. The van der Waals surface area contributed by atoms with E-state index in [1.807, 2.05) is 19.9 Å². The molecule has 8 atom stereocenters. The summed E-state index contributed by atoms with van der Waals surface area (Å²) in [7, 11) is 0. The van der Waals surface area contributed by atoms with Crippen LogP contribution in [0, 0.1) is 62.6 Å². The molecule has 4 aliphatic rings. The van der Waals surface area contributed by atoms with Crippen LogP contribution in [0.4, 0.5) is 0 Å². The van der Waals surface area contributed by atoms with Crippen molar-refractivity contribution in [1.82, 2.24) is 0 Å². The SMILES string of the molecule is C/C(C#N)=C\C1(C)C2=CC(=O)C3C4CC(C)(C)CCC4(C)CCC3C2(C)CCC1C(C)C=O.NC=O. The van der Waals surface area contributed by atoms with Gasteiger partial charge in [-0.25, -0.2) is 0 Å². The van der Waals surface area contributed by atoms with Gasteiger partial charge in [0.15, 0.2) is 5.78 Å². The Bertz CT molecular complexity index is 1000. The van der Waals surface area contributed by atoms with Crippen molar-refractivity contribution in [3.05, 3.63) is 23.3 Å². The van der Waals surface area contributed by atoms with E-state index in [2.05, 4.69) is 52.5 Å². The number of hydrogen-bond donors (Lipinski definition) is 1. The van der Waals surface area contributed by atoms with Gasteiger partial charge in [-0.1, -0.05) is 53.2 Å². The third-order valence-electron chi connectivity index (χ3n) is 10.9. The summed E-state index contributed by atoms with van der Waals surface area (Å²) in [6.45, 7) is 15.6. The molecule has 0 saturated heterocycles. The molecule has 0 heterocycles. The monoisotopic (exact) mass is 494 g/mol. The maximum Gasteiger partial charge on any atom is 0.204 e. The second kappa shape index (κ2) is 9.92. The normalized spacial score (nSPS) is 42.1. The molecule has 0 aliphatic heterocycles. The molecule has 2 N–H and O–H groups in total. The van der Waals surface area contributed by atoms with E-state index in [1.54, 1.807) is 0 Å². The lowest BCUT2D eigenvalue weighted by Crippen LogP contribution is -2.58. The summed E-state index contributed by atoms with van der Waals surface area (Å²) >= 11 is 0. The fourth-order valence-corrected chi connectivity index (χ4v) is 8.90. The molecule has 0 spiro atoms. The van der Waals surface area contributed by atoms with Crippen LogP contribution in [-0.4, -0.2) is 18.5 Å². The van der Waals surface area contributed by atoms with Gasteiger partial charge in [0.25, 0.3) is 0 Å². The van der Waals surface area contributed by atoms with Crippen molar-refractivity contribution in [3.63, 3.8) is 0 Å². The number of ketones is 1. The Morgan fingerprint density at radius 1 is 1.08 bits per heavy atom. The minimum absolute atomic E-state index is 0.0540. The Balaban J connectivity index is 0.00000115.